The van der Waals surface area contributed by atoms with Crippen molar-refractivity contribution in [3.05, 3.63) is 0 Å². The summed E-state index contributed by atoms with van der Waals surface area (Å²) in [4.78, 5) is 0. The Morgan fingerprint density at radius 1 is 1.30 bits per heavy atom. The molecule has 0 radical (unpaired) electrons. The molecule has 0 N–H and O–H groups in total. The Balaban J connectivity index is 4.49. The van der Waals surface area contributed by atoms with Crippen molar-refractivity contribution < 1.29 is 0 Å². The normalized spacial score (nSPS) is 12.8. The van der Waals surface area contributed by atoms with Crippen LogP contribution in [0, 0.1) is 12.0 Å². The van der Waals surface area contributed by atoms with Gasteiger partial charge in [0.25, 0.3) is 0 Å². The van der Waals surface area contributed by atoms with Gasteiger partial charge in [0.15, 0.2) is 0 Å². The zero-order valence-corrected chi connectivity index (χ0v) is 11.3. The topological polar surface area (TPSA) is 0 Å². The van der Waals surface area contributed by atoms with Gasteiger partial charge in [0, 0.05) is 0 Å². The number of halogens is 1. The van der Waals surface area contributed by atoms with E-state index in [1.165, 1.54) is 4.05 Å². The van der Waals surface area contributed by atoms with Crippen LogP contribution in [-0.2, 0) is 0 Å². The van der Waals surface area contributed by atoms with Crippen LogP contribution in [0.2, 0.25) is 26.2 Å². The summed E-state index contributed by atoms with van der Waals surface area (Å²) in [7, 11) is -2.26. The Kier molecular flexibility index (Phi) is 3.66. The monoisotopic (exact) mass is 282 g/mol. The zero-order chi connectivity index (χ0) is 8.41. The quantitative estimate of drug-likeness (QED) is 0.316. The van der Waals surface area contributed by atoms with Gasteiger partial charge >= 0.3 is 0 Å². The predicted molar refractivity (Wildman–Crippen MR) is 62.7 cm³/mol. The highest BCUT2D eigenvalue weighted by Gasteiger charge is 2.38. The molecule has 0 atom stereocenters. The molecule has 0 rings (SSSR count). The van der Waals surface area contributed by atoms with Crippen LogP contribution in [0.5, 0.6) is 0 Å². The lowest BCUT2D eigenvalue weighted by molar-refractivity contribution is 1.76. The Hall–Kier alpha value is 0.724. The third-order valence-electron chi connectivity index (χ3n) is 2.39. The van der Waals surface area contributed by atoms with Crippen LogP contribution >= 0.6 is 22.6 Å². The molecule has 3 heteroatoms. The molecule has 0 saturated heterocycles. The molecule has 0 spiro atoms. The fourth-order valence-corrected chi connectivity index (χ4v) is 11.8. The van der Waals surface area contributed by atoms with Crippen LogP contribution in [0.15, 0.2) is 0 Å². The van der Waals surface area contributed by atoms with Crippen LogP contribution in [0.1, 0.15) is 0 Å². The lowest BCUT2D eigenvalue weighted by Crippen LogP contribution is -2.55. The van der Waals surface area contributed by atoms with Gasteiger partial charge in [0.1, 0.15) is 7.59 Å². The summed E-state index contributed by atoms with van der Waals surface area (Å²) in [6, 6.07) is 0. The lowest BCUT2D eigenvalue weighted by atomic mass is 11.4. The number of rotatable bonds is 2. The molecule has 0 aliphatic carbocycles. The number of hydrogen-bond acceptors (Lipinski definition) is 0. The average Bonchev–Trinajstić information content (AvgIpc) is 1.88. The first-order chi connectivity index (χ1) is 4.37. The third-order valence-corrected chi connectivity index (χ3v) is 26.2. The van der Waals surface area contributed by atoms with E-state index in [0.717, 1.165) is 0 Å². The molecule has 0 aliphatic heterocycles. The van der Waals surface area contributed by atoms with Gasteiger partial charge in [-0.25, -0.2) is 0 Å². The molecule has 0 aromatic rings. The Morgan fingerprint density at radius 3 is 1.80 bits per heavy atom. The first-order valence-corrected chi connectivity index (χ1v) is 12.1. The van der Waals surface area contributed by atoms with E-state index in [1.54, 1.807) is 0 Å². The highest BCUT2D eigenvalue weighted by atomic mass is 127. The largest absolute Gasteiger partial charge is 0.138 e. The lowest BCUT2D eigenvalue weighted by Gasteiger charge is -2.31. The van der Waals surface area contributed by atoms with Gasteiger partial charge in [0.2, 0.25) is 0 Å². The second-order valence-electron chi connectivity index (χ2n) is 3.79. The highest BCUT2D eigenvalue weighted by Crippen LogP contribution is 2.19. The van der Waals surface area contributed by atoms with Crippen LogP contribution in [-0.4, -0.2) is 19.2 Å². The van der Waals surface area contributed by atoms with Crippen LogP contribution in [0.3, 0.4) is 0 Å². The third kappa shape index (κ3) is 2.10. The molecule has 0 heterocycles. The predicted octanol–water partition coefficient (Wildman–Crippen LogP) is 2.63. The van der Waals surface area contributed by atoms with Crippen molar-refractivity contribution >= 4 is 37.8 Å². The molecule has 58 valence electrons. The van der Waals surface area contributed by atoms with Crippen LogP contribution in [0.25, 0.3) is 0 Å². The van der Waals surface area contributed by atoms with E-state index in [9.17, 15) is 0 Å². The van der Waals surface area contributed by atoms with E-state index in [0.29, 0.717) is 0 Å². The number of alkyl halides is 1. The summed E-state index contributed by atoms with van der Waals surface area (Å²) in [5.41, 5.74) is 3.03. The summed E-state index contributed by atoms with van der Waals surface area (Å²) < 4.78 is 1.30. The van der Waals surface area contributed by atoms with Gasteiger partial charge in [-0.2, -0.15) is 0 Å². The Morgan fingerprint density at radius 2 is 1.70 bits per heavy atom. The molecule has 0 bridgehead atoms. The molecule has 0 aromatic carbocycles. The molecule has 0 unspecified atom stereocenters. The fourth-order valence-electron chi connectivity index (χ4n) is 0.362. The van der Waals surface area contributed by atoms with Gasteiger partial charge in [0.05, 0.1) is 7.59 Å². The summed E-state index contributed by atoms with van der Waals surface area (Å²) in [6.45, 7) is 9.45. The fraction of sp³-hybridized carbons (Fsp3) is 0.714. The molecular formula is C7H15ISi2. The molecule has 10 heavy (non-hydrogen) atoms. The SMILES string of the molecule is C#C[Si](C)(C)[Si](C)(C)CI. The van der Waals surface area contributed by atoms with E-state index in [1.807, 2.05) is 0 Å². The van der Waals surface area contributed by atoms with Crippen molar-refractivity contribution in [2.75, 3.05) is 4.05 Å². The van der Waals surface area contributed by atoms with Crippen molar-refractivity contribution in [2.24, 2.45) is 0 Å². The molecule has 0 fully saturated rings. The Labute approximate surface area is 79.7 Å². The second-order valence-corrected chi connectivity index (χ2v) is 21.5. The standard InChI is InChI=1S/C7H15ISi2/c1-6-9(2,3)10(4,5)7-8/h1H,7H2,2-5H3. The van der Waals surface area contributed by atoms with E-state index >= 15 is 0 Å². The van der Waals surface area contributed by atoms with Gasteiger partial charge in [-0.3, -0.25) is 0 Å². The van der Waals surface area contributed by atoms with Gasteiger partial charge in [-0.05, 0) is 4.05 Å². The first kappa shape index (κ1) is 10.7. The van der Waals surface area contributed by atoms with Crippen molar-refractivity contribution in [3.8, 4) is 12.0 Å². The number of terminal acetylenes is 1. The van der Waals surface area contributed by atoms with E-state index in [4.69, 9.17) is 6.42 Å². The minimum Gasteiger partial charge on any atom is -0.138 e. The summed E-state index contributed by atoms with van der Waals surface area (Å²) in [5, 5.41) is 0. The smallest absolute Gasteiger partial charge is 0.124 e. The average molecular weight is 282 g/mol. The number of hydrogen-bond donors (Lipinski definition) is 0. The van der Waals surface area contributed by atoms with Gasteiger partial charge < -0.3 is 0 Å². The summed E-state index contributed by atoms with van der Waals surface area (Å²) in [6.07, 6.45) is 5.51. The second kappa shape index (κ2) is 3.41. The minimum atomic E-state index is -1.25. The van der Waals surface area contributed by atoms with Gasteiger partial charge in [-0.15, -0.1) is 12.0 Å². The van der Waals surface area contributed by atoms with Crippen molar-refractivity contribution in [3.63, 3.8) is 0 Å². The van der Waals surface area contributed by atoms with Crippen molar-refractivity contribution in [1.29, 1.82) is 0 Å². The van der Waals surface area contributed by atoms with E-state index in [2.05, 4.69) is 54.3 Å². The molecule has 0 saturated carbocycles. The maximum absolute atomic E-state index is 5.51. The molecular weight excluding hydrogens is 267 g/mol. The summed E-state index contributed by atoms with van der Waals surface area (Å²) >= 11 is 2.48. The summed E-state index contributed by atoms with van der Waals surface area (Å²) in [5.74, 6) is 0. The van der Waals surface area contributed by atoms with Crippen LogP contribution in [0.4, 0.5) is 0 Å². The minimum absolute atomic E-state index is 1.02. The molecule has 0 amide bonds. The Bertz CT molecular complexity index is 155. The maximum Gasteiger partial charge on any atom is 0.124 e. The highest BCUT2D eigenvalue weighted by molar-refractivity contribution is 14.1. The van der Waals surface area contributed by atoms with Crippen molar-refractivity contribution in [2.45, 2.75) is 26.2 Å². The zero-order valence-electron chi connectivity index (χ0n) is 7.16. The maximum atomic E-state index is 5.51. The molecule has 0 nitrogen and oxygen atoms in total. The first-order valence-electron chi connectivity index (χ1n) is 3.41. The van der Waals surface area contributed by atoms with E-state index in [-0.39, 0.29) is 0 Å². The van der Waals surface area contributed by atoms with Gasteiger partial charge in [-0.1, -0.05) is 48.8 Å². The molecule has 0 aliphatic rings. The van der Waals surface area contributed by atoms with Crippen LogP contribution < -0.4 is 0 Å². The van der Waals surface area contributed by atoms with Crippen molar-refractivity contribution in [1.82, 2.24) is 0 Å². The molecule has 0 aromatic heterocycles. The van der Waals surface area contributed by atoms with E-state index < -0.39 is 15.2 Å².